The number of aryl methyl sites for hydroxylation is 1. The molecule has 81 valence electrons. The van der Waals surface area contributed by atoms with Gasteiger partial charge in [0.15, 0.2) is 0 Å². The van der Waals surface area contributed by atoms with Crippen LogP contribution in [0.4, 0.5) is 0 Å². The van der Waals surface area contributed by atoms with E-state index < -0.39 is 0 Å². The predicted octanol–water partition coefficient (Wildman–Crippen LogP) is 4.10. The van der Waals surface area contributed by atoms with Gasteiger partial charge in [-0.05, 0) is 29.2 Å². The van der Waals surface area contributed by atoms with Gasteiger partial charge in [-0.15, -0.1) is 0 Å². The SMILES string of the molecule is Cc1ccc(C2=Cc3ccccc3[CH]2)cc1.[Zr]. The van der Waals surface area contributed by atoms with E-state index in [1.807, 2.05) is 0 Å². The topological polar surface area (TPSA) is 0 Å². The predicted molar refractivity (Wildman–Crippen MR) is 68.9 cm³/mol. The monoisotopic (exact) mass is 295 g/mol. The van der Waals surface area contributed by atoms with Crippen molar-refractivity contribution < 1.29 is 26.2 Å². The van der Waals surface area contributed by atoms with Crippen molar-refractivity contribution in [3.8, 4) is 0 Å². The molecule has 17 heavy (non-hydrogen) atoms. The number of hydrogen-bond donors (Lipinski definition) is 0. The number of fused-ring (bicyclic) bond motifs is 1. The van der Waals surface area contributed by atoms with Crippen molar-refractivity contribution in [2.45, 2.75) is 6.92 Å². The third kappa shape index (κ3) is 2.50. The van der Waals surface area contributed by atoms with Gasteiger partial charge in [0.1, 0.15) is 0 Å². The number of rotatable bonds is 1. The average molecular weight is 297 g/mol. The smallest absolute Gasteiger partial charge is 0.0211 e. The molecule has 0 bridgehead atoms. The fraction of sp³-hybridized carbons (Fsp3) is 0.0625. The molecule has 0 nitrogen and oxygen atoms in total. The first-order chi connectivity index (χ1) is 7.83. The van der Waals surface area contributed by atoms with E-state index in [1.165, 1.54) is 27.8 Å². The van der Waals surface area contributed by atoms with Crippen LogP contribution in [-0.2, 0) is 26.2 Å². The Bertz CT molecular complexity index is 550. The van der Waals surface area contributed by atoms with Crippen LogP contribution in [0.25, 0.3) is 11.6 Å². The molecular formula is C16H13Zr. The Hall–Kier alpha value is -0.937. The van der Waals surface area contributed by atoms with Gasteiger partial charge in [-0.1, -0.05) is 60.2 Å². The van der Waals surface area contributed by atoms with Crippen LogP contribution < -0.4 is 0 Å². The molecule has 3 rings (SSSR count). The van der Waals surface area contributed by atoms with Crippen LogP contribution in [0.5, 0.6) is 0 Å². The minimum atomic E-state index is 0. The molecule has 1 aliphatic carbocycles. The summed E-state index contributed by atoms with van der Waals surface area (Å²) in [5, 5.41) is 0. The second-order valence-corrected chi connectivity index (χ2v) is 4.24. The molecule has 0 fully saturated rings. The first-order valence-corrected chi connectivity index (χ1v) is 5.55. The molecule has 0 aliphatic heterocycles. The molecule has 0 atom stereocenters. The zero-order valence-electron chi connectivity index (χ0n) is 9.77. The summed E-state index contributed by atoms with van der Waals surface area (Å²) >= 11 is 0. The second-order valence-electron chi connectivity index (χ2n) is 4.24. The van der Waals surface area contributed by atoms with Gasteiger partial charge in [0, 0.05) is 32.6 Å². The molecule has 2 aromatic carbocycles. The van der Waals surface area contributed by atoms with Crippen LogP contribution >= 0.6 is 0 Å². The fourth-order valence-corrected chi connectivity index (χ4v) is 2.06. The van der Waals surface area contributed by atoms with Crippen LogP contribution in [0, 0.1) is 13.3 Å². The summed E-state index contributed by atoms with van der Waals surface area (Å²) in [4.78, 5) is 0. The van der Waals surface area contributed by atoms with Crippen molar-refractivity contribution in [2.24, 2.45) is 0 Å². The Kier molecular flexibility index (Phi) is 3.79. The summed E-state index contributed by atoms with van der Waals surface area (Å²) in [5.41, 5.74) is 6.54. The standard InChI is InChI=1S/C16H13.Zr/c1-12-6-8-13(9-7-12)16-10-14-4-2-3-5-15(14)11-16;/h2-11H,1H3;. The molecule has 0 N–H and O–H groups in total. The maximum absolute atomic E-state index is 2.25. The fourth-order valence-electron chi connectivity index (χ4n) is 2.06. The summed E-state index contributed by atoms with van der Waals surface area (Å²) in [5.74, 6) is 0. The molecular weight excluding hydrogens is 283 g/mol. The zero-order valence-corrected chi connectivity index (χ0v) is 12.2. The van der Waals surface area contributed by atoms with Crippen LogP contribution in [0.15, 0.2) is 48.5 Å². The van der Waals surface area contributed by atoms with Gasteiger partial charge in [0.25, 0.3) is 0 Å². The van der Waals surface area contributed by atoms with E-state index in [0.29, 0.717) is 0 Å². The van der Waals surface area contributed by atoms with Crippen molar-refractivity contribution in [3.05, 3.63) is 77.2 Å². The van der Waals surface area contributed by atoms with E-state index in [1.54, 1.807) is 0 Å². The van der Waals surface area contributed by atoms with Crippen molar-refractivity contribution in [2.75, 3.05) is 0 Å². The molecule has 2 aromatic rings. The molecule has 1 heteroatoms. The summed E-state index contributed by atoms with van der Waals surface area (Å²) in [6.45, 7) is 2.12. The van der Waals surface area contributed by atoms with E-state index >= 15 is 0 Å². The Labute approximate surface area is 122 Å². The van der Waals surface area contributed by atoms with Crippen molar-refractivity contribution in [3.63, 3.8) is 0 Å². The Morgan fingerprint density at radius 3 is 2.06 bits per heavy atom. The van der Waals surface area contributed by atoms with Gasteiger partial charge in [-0.2, -0.15) is 0 Å². The van der Waals surface area contributed by atoms with E-state index in [9.17, 15) is 0 Å². The Morgan fingerprint density at radius 1 is 0.765 bits per heavy atom. The van der Waals surface area contributed by atoms with Crippen LogP contribution in [0.2, 0.25) is 0 Å². The molecule has 1 aliphatic rings. The molecule has 0 unspecified atom stereocenters. The molecule has 0 amide bonds. The van der Waals surface area contributed by atoms with Crippen LogP contribution in [-0.4, -0.2) is 0 Å². The first kappa shape index (κ1) is 12.5. The molecule has 1 radical (unpaired) electrons. The van der Waals surface area contributed by atoms with Crippen molar-refractivity contribution in [1.29, 1.82) is 0 Å². The third-order valence-corrected chi connectivity index (χ3v) is 3.00. The molecule has 0 aromatic heterocycles. The van der Waals surface area contributed by atoms with Gasteiger partial charge in [0.05, 0.1) is 0 Å². The normalized spacial score (nSPS) is 12.6. The van der Waals surface area contributed by atoms with Gasteiger partial charge in [0.2, 0.25) is 0 Å². The number of hydrogen-bond acceptors (Lipinski definition) is 0. The largest absolute Gasteiger partial charge is 0.0619 e. The van der Waals surface area contributed by atoms with Crippen LogP contribution in [0.1, 0.15) is 22.3 Å². The number of benzene rings is 2. The van der Waals surface area contributed by atoms with E-state index in [2.05, 4.69) is 68.0 Å². The van der Waals surface area contributed by atoms with Gasteiger partial charge < -0.3 is 0 Å². The Balaban J connectivity index is 0.00000108. The molecule has 0 spiro atoms. The minimum Gasteiger partial charge on any atom is -0.0619 e. The van der Waals surface area contributed by atoms with E-state index in [4.69, 9.17) is 0 Å². The summed E-state index contributed by atoms with van der Waals surface area (Å²) in [6.07, 6.45) is 4.50. The molecule has 0 saturated carbocycles. The summed E-state index contributed by atoms with van der Waals surface area (Å²) in [6, 6.07) is 17.2. The number of allylic oxidation sites excluding steroid dienone is 1. The second kappa shape index (κ2) is 5.14. The quantitative estimate of drug-likeness (QED) is 0.743. The first-order valence-electron chi connectivity index (χ1n) is 5.55. The third-order valence-electron chi connectivity index (χ3n) is 3.00. The molecule has 0 heterocycles. The maximum Gasteiger partial charge on any atom is 0.0211 e. The summed E-state index contributed by atoms with van der Waals surface area (Å²) < 4.78 is 0. The van der Waals surface area contributed by atoms with Crippen molar-refractivity contribution >= 4 is 11.6 Å². The minimum absolute atomic E-state index is 0. The van der Waals surface area contributed by atoms with E-state index in [-0.39, 0.29) is 26.2 Å². The van der Waals surface area contributed by atoms with Gasteiger partial charge in [-0.3, -0.25) is 0 Å². The maximum atomic E-state index is 2.25. The van der Waals surface area contributed by atoms with Gasteiger partial charge in [-0.25, -0.2) is 0 Å². The van der Waals surface area contributed by atoms with E-state index in [0.717, 1.165) is 0 Å². The zero-order chi connectivity index (χ0) is 11.0. The average Bonchev–Trinajstić information content (AvgIpc) is 2.73. The Morgan fingerprint density at radius 2 is 1.41 bits per heavy atom. The van der Waals surface area contributed by atoms with Crippen molar-refractivity contribution in [1.82, 2.24) is 0 Å². The summed E-state index contributed by atoms with van der Waals surface area (Å²) in [7, 11) is 0. The van der Waals surface area contributed by atoms with Gasteiger partial charge >= 0.3 is 0 Å². The van der Waals surface area contributed by atoms with Crippen LogP contribution in [0.3, 0.4) is 0 Å². The molecule has 0 saturated heterocycles.